The lowest BCUT2D eigenvalue weighted by Crippen LogP contribution is -2.22. The summed E-state index contributed by atoms with van der Waals surface area (Å²) in [6, 6.07) is 7.45. The molecule has 0 radical (unpaired) electrons. The number of rotatable bonds is 4. The number of alkyl halides is 2. The van der Waals surface area contributed by atoms with Crippen LogP contribution >= 0.6 is 0 Å². The molecule has 1 atom stereocenters. The number of aliphatic hydroxyl groups is 1. The summed E-state index contributed by atoms with van der Waals surface area (Å²) in [6.07, 6.45) is -4.52. The second-order valence-corrected chi connectivity index (χ2v) is 3.87. The Morgan fingerprint density at radius 3 is 2.71 bits per heavy atom. The van der Waals surface area contributed by atoms with Crippen LogP contribution in [0.4, 0.5) is 8.78 Å². The number of fused-ring (bicyclic) bond motifs is 1. The molecule has 0 saturated carbocycles. The van der Waals surface area contributed by atoms with Gasteiger partial charge in [-0.25, -0.2) is 13.8 Å². The summed E-state index contributed by atoms with van der Waals surface area (Å²) >= 11 is 0. The third kappa shape index (κ3) is 2.29. The van der Waals surface area contributed by atoms with Crippen LogP contribution in [0, 0.1) is 0 Å². The lowest BCUT2D eigenvalue weighted by molar-refractivity contribution is -0.00504. The van der Waals surface area contributed by atoms with E-state index in [4.69, 9.17) is 0 Å². The fourth-order valence-corrected chi connectivity index (χ4v) is 1.91. The van der Waals surface area contributed by atoms with Crippen LogP contribution in [0.15, 0.2) is 24.3 Å². The quantitative estimate of drug-likeness (QED) is 0.889. The monoisotopic (exact) mass is 240 g/mol. The van der Waals surface area contributed by atoms with Crippen molar-refractivity contribution in [1.29, 1.82) is 0 Å². The normalized spacial score (nSPS) is 13.5. The highest BCUT2D eigenvalue weighted by molar-refractivity contribution is 5.75. The van der Waals surface area contributed by atoms with Gasteiger partial charge >= 0.3 is 0 Å². The highest BCUT2D eigenvalue weighted by Crippen LogP contribution is 2.18. The van der Waals surface area contributed by atoms with Crippen LogP contribution in [0.5, 0.6) is 0 Å². The first-order valence-electron chi connectivity index (χ1n) is 5.53. The average Bonchev–Trinajstić information content (AvgIpc) is 2.65. The smallest absolute Gasteiger partial charge is 0.264 e. The number of aliphatic hydroxyl groups excluding tert-OH is 1. The first-order chi connectivity index (χ1) is 8.13. The number of hydrogen-bond donors (Lipinski definition) is 1. The molecular weight excluding hydrogens is 226 g/mol. The van der Waals surface area contributed by atoms with Crippen LogP contribution in [0.1, 0.15) is 12.7 Å². The van der Waals surface area contributed by atoms with E-state index in [1.165, 1.54) is 0 Å². The average molecular weight is 240 g/mol. The van der Waals surface area contributed by atoms with E-state index in [0.29, 0.717) is 12.4 Å². The van der Waals surface area contributed by atoms with Gasteiger partial charge in [0.15, 0.2) is 0 Å². The molecule has 0 aliphatic rings. The lowest BCUT2D eigenvalue weighted by Gasteiger charge is -2.10. The standard InChI is InChI=1S/C12H14F2N2O/c1-2-16-9-6-4-3-5-8(9)15-11(16)7-10(17)12(13)14/h3-6,10,12,17H,2,7H2,1H3. The zero-order valence-electron chi connectivity index (χ0n) is 9.48. The summed E-state index contributed by atoms with van der Waals surface area (Å²) < 4.78 is 26.5. The maximum absolute atomic E-state index is 12.3. The van der Waals surface area contributed by atoms with Crippen molar-refractivity contribution in [3.63, 3.8) is 0 Å². The predicted octanol–water partition coefficient (Wildman–Crippen LogP) is 2.22. The van der Waals surface area contributed by atoms with E-state index in [1.54, 1.807) is 0 Å². The molecule has 5 heteroatoms. The molecule has 0 saturated heterocycles. The number of hydrogen-bond acceptors (Lipinski definition) is 2. The summed E-state index contributed by atoms with van der Waals surface area (Å²) in [7, 11) is 0. The molecule has 0 amide bonds. The summed E-state index contributed by atoms with van der Waals surface area (Å²) in [5.74, 6) is 0.501. The van der Waals surface area contributed by atoms with E-state index < -0.39 is 12.5 Å². The van der Waals surface area contributed by atoms with Crippen LogP contribution in [-0.4, -0.2) is 27.2 Å². The molecule has 2 aromatic rings. The van der Waals surface area contributed by atoms with Gasteiger partial charge in [0.25, 0.3) is 6.43 Å². The Morgan fingerprint density at radius 1 is 1.35 bits per heavy atom. The summed E-state index contributed by atoms with van der Waals surface area (Å²) in [6.45, 7) is 2.57. The van der Waals surface area contributed by atoms with Gasteiger partial charge in [-0.05, 0) is 19.1 Å². The maximum Gasteiger partial charge on any atom is 0.264 e. The van der Waals surface area contributed by atoms with Gasteiger partial charge in [-0.1, -0.05) is 12.1 Å². The highest BCUT2D eigenvalue weighted by Gasteiger charge is 2.20. The Labute approximate surface area is 97.7 Å². The third-order valence-electron chi connectivity index (χ3n) is 2.73. The van der Waals surface area contributed by atoms with E-state index in [1.807, 2.05) is 35.8 Å². The van der Waals surface area contributed by atoms with Gasteiger partial charge in [0.1, 0.15) is 11.9 Å². The lowest BCUT2D eigenvalue weighted by atomic mass is 10.2. The number of para-hydroxylation sites is 2. The molecule has 0 aliphatic carbocycles. The number of nitrogens with zero attached hydrogens (tertiary/aromatic N) is 2. The van der Waals surface area contributed by atoms with Crippen LogP contribution in [0.3, 0.4) is 0 Å². The Bertz CT molecular complexity index is 510. The van der Waals surface area contributed by atoms with Gasteiger partial charge in [0, 0.05) is 13.0 Å². The minimum absolute atomic E-state index is 0.125. The zero-order valence-corrected chi connectivity index (χ0v) is 9.48. The van der Waals surface area contributed by atoms with Crippen LogP contribution in [0.2, 0.25) is 0 Å². The molecule has 17 heavy (non-hydrogen) atoms. The Hall–Kier alpha value is -1.49. The fraction of sp³-hybridized carbons (Fsp3) is 0.417. The van der Waals surface area contributed by atoms with Gasteiger partial charge in [0.05, 0.1) is 11.0 Å². The minimum Gasteiger partial charge on any atom is -0.387 e. The topological polar surface area (TPSA) is 38.0 Å². The molecule has 1 aromatic carbocycles. The Kier molecular flexibility index (Phi) is 3.38. The molecule has 1 N–H and O–H groups in total. The highest BCUT2D eigenvalue weighted by atomic mass is 19.3. The van der Waals surface area contributed by atoms with Crippen molar-refractivity contribution < 1.29 is 13.9 Å². The molecule has 0 bridgehead atoms. The first-order valence-corrected chi connectivity index (χ1v) is 5.53. The van der Waals surface area contributed by atoms with Crippen molar-refractivity contribution in [2.24, 2.45) is 0 Å². The molecule has 1 aromatic heterocycles. The maximum atomic E-state index is 12.3. The van der Waals surface area contributed by atoms with Crippen molar-refractivity contribution in [3.8, 4) is 0 Å². The molecule has 0 spiro atoms. The molecular formula is C12H14F2N2O. The van der Waals surface area contributed by atoms with E-state index >= 15 is 0 Å². The van der Waals surface area contributed by atoms with E-state index in [9.17, 15) is 13.9 Å². The van der Waals surface area contributed by atoms with Gasteiger partial charge in [0.2, 0.25) is 0 Å². The third-order valence-corrected chi connectivity index (χ3v) is 2.73. The van der Waals surface area contributed by atoms with Crippen molar-refractivity contribution in [1.82, 2.24) is 9.55 Å². The van der Waals surface area contributed by atoms with Gasteiger partial charge in [-0.15, -0.1) is 0 Å². The van der Waals surface area contributed by atoms with Crippen molar-refractivity contribution in [2.75, 3.05) is 0 Å². The number of imidazole rings is 1. The number of aryl methyl sites for hydroxylation is 1. The predicted molar refractivity (Wildman–Crippen MR) is 61.1 cm³/mol. The van der Waals surface area contributed by atoms with Gasteiger partial charge in [-0.3, -0.25) is 0 Å². The molecule has 0 aliphatic heterocycles. The fourth-order valence-electron chi connectivity index (χ4n) is 1.91. The number of benzene rings is 1. The van der Waals surface area contributed by atoms with Gasteiger partial charge < -0.3 is 9.67 Å². The summed E-state index contributed by atoms with van der Waals surface area (Å²) in [5.41, 5.74) is 1.68. The molecule has 1 unspecified atom stereocenters. The first kappa shape index (κ1) is 12.0. The molecule has 3 nitrogen and oxygen atoms in total. The Balaban J connectivity index is 2.39. The van der Waals surface area contributed by atoms with Crippen molar-refractivity contribution >= 4 is 11.0 Å². The van der Waals surface area contributed by atoms with Gasteiger partial charge in [-0.2, -0.15) is 0 Å². The summed E-state index contributed by atoms with van der Waals surface area (Å²) in [4.78, 5) is 4.28. The van der Waals surface area contributed by atoms with E-state index in [0.717, 1.165) is 11.0 Å². The number of aromatic nitrogens is 2. The zero-order chi connectivity index (χ0) is 12.4. The second-order valence-electron chi connectivity index (χ2n) is 3.87. The molecule has 1 heterocycles. The molecule has 2 rings (SSSR count). The van der Waals surface area contributed by atoms with Crippen LogP contribution in [0.25, 0.3) is 11.0 Å². The minimum atomic E-state index is -2.74. The van der Waals surface area contributed by atoms with E-state index in [2.05, 4.69) is 4.98 Å². The van der Waals surface area contributed by atoms with Crippen LogP contribution < -0.4 is 0 Å². The molecule has 0 fully saturated rings. The summed E-state index contributed by atoms with van der Waals surface area (Å²) in [5, 5.41) is 9.22. The van der Waals surface area contributed by atoms with Crippen LogP contribution in [-0.2, 0) is 13.0 Å². The van der Waals surface area contributed by atoms with Crippen molar-refractivity contribution in [2.45, 2.75) is 32.4 Å². The van der Waals surface area contributed by atoms with Crippen molar-refractivity contribution in [3.05, 3.63) is 30.1 Å². The largest absolute Gasteiger partial charge is 0.387 e. The SMILES string of the molecule is CCn1c(CC(O)C(F)F)nc2ccccc21. The molecule has 92 valence electrons. The second kappa shape index (κ2) is 4.79. The van der Waals surface area contributed by atoms with E-state index in [-0.39, 0.29) is 6.42 Å². The number of halogens is 2. The Morgan fingerprint density at radius 2 is 2.06 bits per heavy atom.